The van der Waals surface area contributed by atoms with Crippen LogP contribution in [0.3, 0.4) is 0 Å². The SMILES string of the molecule is CC(C)(C)n1cc(C(=O)NNC(=O)CCCOc2ccc(Cl)cc2Cl)cn1. The molecular weight excluding hydrogens is 391 g/mol. The van der Waals surface area contributed by atoms with Crippen molar-refractivity contribution in [3.05, 3.63) is 46.2 Å². The molecule has 0 saturated heterocycles. The average Bonchev–Trinajstić information content (AvgIpc) is 3.08. The van der Waals surface area contributed by atoms with Gasteiger partial charge in [0.05, 0.1) is 28.9 Å². The van der Waals surface area contributed by atoms with Crippen LogP contribution in [-0.4, -0.2) is 28.2 Å². The third kappa shape index (κ3) is 6.45. The van der Waals surface area contributed by atoms with Crippen molar-refractivity contribution in [2.75, 3.05) is 6.61 Å². The Morgan fingerprint density at radius 1 is 1.22 bits per heavy atom. The molecule has 0 aliphatic rings. The first-order valence-electron chi connectivity index (χ1n) is 8.39. The quantitative estimate of drug-likeness (QED) is 0.560. The van der Waals surface area contributed by atoms with Crippen LogP contribution in [-0.2, 0) is 10.3 Å². The van der Waals surface area contributed by atoms with Crippen molar-refractivity contribution in [1.29, 1.82) is 0 Å². The van der Waals surface area contributed by atoms with Crippen LogP contribution in [0, 0.1) is 0 Å². The van der Waals surface area contributed by atoms with Gasteiger partial charge >= 0.3 is 0 Å². The maximum atomic E-state index is 12.0. The van der Waals surface area contributed by atoms with Crippen LogP contribution < -0.4 is 15.6 Å². The van der Waals surface area contributed by atoms with Crippen molar-refractivity contribution in [2.45, 2.75) is 39.2 Å². The summed E-state index contributed by atoms with van der Waals surface area (Å²) in [6.07, 6.45) is 3.73. The number of carbonyl (C=O) groups is 2. The molecule has 2 aromatic rings. The summed E-state index contributed by atoms with van der Waals surface area (Å²) in [4.78, 5) is 23.9. The summed E-state index contributed by atoms with van der Waals surface area (Å²) < 4.78 is 7.19. The minimum absolute atomic E-state index is 0.187. The van der Waals surface area contributed by atoms with Crippen LogP contribution in [0.2, 0.25) is 10.0 Å². The Morgan fingerprint density at radius 3 is 2.59 bits per heavy atom. The van der Waals surface area contributed by atoms with Gasteiger partial charge in [-0.3, -0.25) is 25.1 Å². The maximum Gasteiger partial charge on any atom is 0.272 e. The van der Waals surface area contributed by atoms with Gasteiger partial charge < -0.3 is 4.74 Å². The van der Waals surface area contributed by atoms with Gasteiger partial charge in [0.25, 0.3) is 5.91 Å². The van der Waals surface area contributed by atoms with Gasteiger partial charge in [0.2, 0.25) is 5.91 Å². The highest BCUT2D eigenvalue weighted by molar-refractivity contribution is 6.35. The Hall–Kier alpha value is -2.25. The first-order valence-corrected chi connectivity index (χ1v) is 9.14. The van der Waals surface area contributed by atoms with Crippen LogP contribution in [0.5, 0.6) is 5.75 Å². The third-order valence-electron chi connectivity index (χ3n) is 3.55. The number of nitrogens with one attached hydrogen (secondary N) is 2. The lowest BCUT2D eigenvalue weighted by Crippen LogP contribution is -2.41. The van der Waals surface area contributed by atoms with E-state index in [4.69, 9.17) is 27.9 Å². The molecule has 2 rings (SSSR count). The van der Waals surface area contributed by atoms with Gasteiger partial charge in [-0.15, -0.1) is 0 Å². The first kappa shape index (κ1) is 21.1. The summed E-state index contributed by atoms with van der Waals surface area (Å²) in [5.74, 6) is -0.244. The van der Waals surface area contributed by atoms with Gasteiger partial charge in [-0.2, -0.15) is 5.10 Å². The second-order valence-corrected chi connectivity index (χ2v) is 7.72. The molecule has 7 nitrogen and oxygen atoms in total. The monoisotopic (exact) mass is 412 g/mol. The molecule has 1 heterocycles. The van der Waals surface area contributed by atoms with Gasteiger partial charge in [0.15, 0.2) is 0 Å². The molecule has 27 heavy (non-hydrogen) atoms. The lowest BCUT2D eigenvalue weighted by molar-refractivity contribution is -0.122. The van der Waals surface area contributed by atoms with Gasteiger partial charge in [-0.25, -0.2) is 0 Å². The molecular formula is C18H22Cl2N4O3. The third-order valence-corrected chi connectivity index (χ3v) is 4.08. The lowest BCUT2D eigenvalue weighted by Gasteiger charge is -2.18. The van der Waals surface area contributed by atoms with Gasteiger partial charge in [0, 0.05) is 17.6 Å². The Morgan fingerprint density at radius 2 is 1.96 bits per heavy atom. The van der Waals surface area contributed by atoms with E-state index < -0.39 is 5.91 Å². The molecule has 0 aliphatic heterocycles. The minimum atomic E-state index is -0.428. The highest BCUT2D eigenvalue weighted by Crippen LogP contribution is 2.27. The van der Waals surface area contributed by atoms with E-state index >= 15 is 0 Å². The van der Waals surface area contributed by atoms with Crippen molar-refractivity contribution >= 4 is 35.0 Å². The molecule has 0 fully saturated rings. The fraction of sp³-hybridized carbons (Fsp3) is 0.389. The molecule has 0 saturated carbocycles. The zero-order chi connectivity index (χ0) is 20.0. The smallest absolute Gasteiger partial charge is 0.272 e. The van der Waals surface area contributed by atoms with Gasteiger partial charge in [0.1, 0.15) is 5.75 Å². The zero-order valence-corrected chi connectivity index (χ0v) is 16.9. The van der Waals surface area contributed by atoms with Crippen molar-refractivity contribution in [3.8, 4) is 5.75 Å². The number of rotatable bonds is 6. The number of hydrogen-bond donors (Lipinski definition) is 2. The van der Waals surface area contributed by atoms with Crippen LogP contribution >= 0.6 is 23.2 Å². The number of hydrogen-bond acceptors (Lipinski definition) is 4. The van der Waals surface area contributed by atoms with Gasteiger partial charge in [-0.1, -0.05) is 23.2 Å². The zero-order valence-electron chi connectivity index (χ0n) is 15.4. The van der Waals surface area contributed by atoms with E-state index in [1.807, 2.05) is 20.8 Å². The van der Waals surface area contributed by atoms with Crippen molar-refractivity contribution in [3.63, 3.8) is 0 Å². The predicted molar refractivity (Wildman–Crippen MR) is 104 cm³/mol. The molecule has 2 amide bonds. The highest BCUT2D eigenvalue weighted by atomic mass is 35.5. The van der Waals surface area contributed by atoms with Crippen molar-refractivity contribution < 1.29 is 14.3 Å². The van der Waals surface area contributed by atoms with E-state index in [2.05, 4.69) is 16.0 Å². The van der Waals surface area contributed by atoms with Crippen LogP contribution in [0.1, 0.15) is 44.0 Å². The average molecular weight is 413 g/mol. The predicted octanol–water partition coefficient (Wildman–Crippen LogP) is 3.57. The molecule has 0 spiro atoms. The minimum Gasteiger partial charge on any atom is -0.492 e. The molecule has 0 unspecified atom stereocenters. The summed E-state index contributed by atoms with van der Waals surface area (Å²) in [6.45, 7) is 6.23. The van der Waals surface area contributed by atoms with E-state index in [0.717, 1.165) is 0 Å². The summed E-state index contributed by atoms with van der Waals surface area (Å²) in [5, 5.41) is 5.08. The summed E-state index contributed by atoms with van der Waals surface area (Å²) >= 11 is 11.8. The summed E-state index contributed by atoms with van der Waals surface area (Å²) in [5.41, 5.74) is 4.88. The number of halogens is 2. The Bertz CT molecular complexity index is 815. The van der Waals surface area contributed by atoms with Crippen molar-refractivity contribution in [1.82, 2.24) is 20.6 Å². The molecule has 0 aliphatic carbocycles. The number of benzene rings is 1. The molecule has 2 N–H and O–H groups in total. The molecule has 0 radical (unpaired) electrons. The second kappa shape index (κ2) is 9.10. The molecule has 0 atom stereocenters. The van der Waals surface area contributed by atoms with Crippen LogP contribution in [0.25, 0.3) is 0 Å². The largest absolute Gasteiger partial charge is 0.492 e. The van der Waals surface area contributed by atoms with Crippen LogP contribution in [0.4, 0.5) is 0 Å². The first-order chi connectivity index (χ1) is 12.7. The molecule has 1 aromatic carbocycles. The van der Waals surface area contributed by atoms with E-state index in [1.165, 1.54) is 6.20 Å². The van der Waals surface area contributed by atoms with E-state index in [9.17, 15) is 9.59 Å². The van der Waals surface area contributed by atoms with Crippen molar-refractivity contribution in [2.24, 2.45) is 0 Å². The number of carbonyl (C=O) groups excluding carboxylic acids is 2. The number of nitrogens with zero attached hydrogens (tertiary/aromatic N) is 2. The number of amides is 2. The number of aromatic nitrogens is 2. The topological polar surface area (TPSA) is 85.2 Å². The summed E-state index contributed by atoms with van der Waals surface area (Å²) in [6, 6.07) is 4.93. The molecule has 0 bridgehead atoms. The number of ether oxygens (including phenoxy) is 1. The Balaban J connectivity index is 1.70. The van der Waals surface area contributed by atoms with E-state index in [1.54, 1.807) is 29.1 Å². The Kier molecular flexibility index (Phi) is 7.10. The van der Waals surface area contributed by atoms with Gasteiger partial charge in [-0.05, 0) is 45.4 Å². The standard InChI is InChI=1S/C18H22Cl2N4O3/c1-18(2,3)24-11-12(10-21-24)17(26)23-22-16(25)5-4-8-27-15-7-6-13(19)9-14(15)20/h6-7,9-11H,4-5,8H2,1-3H3,(H,22,25)(H,23,26). The molecule has 1 aromatic heterocycles. The van der Waals surface area contributed by atoms with Crippen LogP contribution in [0.15, 0.2) is 30.6 Å². The summed E-state index contributed by atoms with van der Waals surface area (Å²) in [7, 11) is 0. The fourth-order valence-electron chi connectivity index (χ4n) is 2.08. The second-order valence-electron chi connectivity index (χ2n) is 6.87. The highest BCUT2D eigenvalue weighted by Gasteiger charge is 2.17. The lowest BCUT2D eigenvalue weighted by atomic mass is 10.1. The molecule has 9 heteroatoms. The maximum absolute atomic E-state index is 12.0. The van der Waals surface area contributed by atoms with E-state index in [0.29, 0.717) is 34.4 Å². The Labute approximate surface area is 167 Å². The molecule has 146 valence electrons. The fourth-order valence-corrected chi connectivity index (χ4v) is 2.54. The number of hydrazine groups is 1. The van der Waals surface area contributed by atoms with E-state index in [-0.39, 0.29) is 17.9 Å². The normalized spacial score (nSPS) is 11.1.